The molecule has 0 radical (unpaired) electrons. The zero-order valence-corrected chi connectivity index (χ0v) is 11.8. The molecule has 1 unspecified atom stereocenters. The second-order valence-electron chi connectivity index (χ2n) is 6.12. The number of hydrogen-bond acceptors (Lipinski definition) is 2. The number of benzene rings is 1. The quantitative estimate of drug-likeness (QED) is 0.816. The zero-order chi connectivity index (χ0) is 12.7. The summed E-state index contributed by atoms with van der Waals surface area (Å²) in [6, 6.07) is 4.54. The Balaban J connectivity index is 1.88. The molecule has 0 aromatic heterocycles. The van der Waals surface area contributed by atoms with Gasteiger partial charge in [0.05, 0.1) is 0 Å². The van der Waals surface area contributed by atoms with Crippen molar-refractivity contribution in [3.63, 3.8) is 0 Å². The molecule has 2 aliphatic heterocycles. The van der Waals surface area contributed by atoms with Crippen LogP contribution in [0.5, 0.6) is 0 Å². The van der Waals surface area contributed by atoms with Crippen LogP contribution in [0.15, 0.2) is 12.1 Å². The molecule has 1 atom stereocenters. The number of aryl methyl sites for hydroxylation is 2. The van der Waals surface area contributed by atoms with E-state index in [0.717, 1.165) is 18.4 Å². The van der Waals surface area contributed by atoms with Crippen LogP contribution in [0.1, 0.15) is 35.4 Å². The molecule has 0 amide bonds. The van der Waals surface area contributed by atoms with Crippen molar-refractivity contribution in [3.8, 4) is 0 Å². The lowest BCUT2D eigenvalue weighted by Gasteiger charge is -2.33. The summed E-state index contributed by atoms with van der Waals surface area (Å²) < 4.78 is 0. The molecule has 1 fully saturated rings. The van der Waals surface area contributed by atoms with E-state index in [0.29, 0.717) is 0 Å². The second kappa shape index (κ2) is 4.58. The van der Waals surface area contributed by atoms with Crippen molar-refractivity contribution in [2.75, 3.05) is 32.0 Å². The normalized spacial score (nSPS) is 24.9. The summed E-state index contributed by atoms with van der Waals surface area (Å²) >= 11 is 0. The van der Waals surface area contributed by atoms with E-state index in [9.17, 15) is 0 Å². The van der Waals surface area contributed by atoms with Crippen molar-refractivity contribution in [1.29, 1.82) is 0 Å². The summed E-state index contributed by atoms with van der Waals surface area (Å²) in [6.07, 6.45) is 2.71. The van der Waals surface area contributed by atoms with Crippen molar-refractivity contribution in [2.24, 2.45) is 5.92 Å². The van der Waals surface area contributed by atoms with Crippen LogP contribution in [0.25, 0.3) is 0 Å². The van der Waals surface area contributed by atoms with Crippen LogP contribution >= 0.6 is 0 Å². The maximum atomic E-state index is 3.65. The molecule has 0 bridgehead atoms. The number of piperidine rings is 1. The SMILES string of the molecule is Cc1ccc(C)c2c1NCC2C1CCN(C)CC1. The lowest BCUT2D eigenvalue weighted by molar-refractivity contribution is 0.202. The molecule has 0 spiro atoms. The summed E-state index contributed by atoms with van der Waals surface area (Å²) in [6.45, 7) is 8.17. The highest BCUT2D eigenvalue weighted by Gasteiger charge is 2.33. The third kappa shape index (κ3) is 1.93. The number of fused-ring (bicyclic) bond motifs is 1. The maximum absolute atomic E-state index is 3.65. The van der Waals surface area contributed by atoms with Gasteiger partial charge < -0.3 is 10.2 Å². The minimum absolute atomic E-state index is 0.744. The van der Waals surface area contributed by atoms with Crippen molar-refractivity contribution < 1.29 is 0 Å². The monoisotopic (exact) mass is 244 g/mol. The van der Waals surface area contributed by atoms with E-state index in [1.165, 1.54) is 42.7 Å². The summed E-state index contributed by atoms with van der Waals surface area (Å²) in [5.41, 5.74) is 5.93. The van der Waals surface area contributed by atoms with E-state index in [-0.39, 0.29) is 0 Å². The highest BCUT2D eigenvalue weighted by atomic mass is 15.1. The lowest BCUT2D eigenvalue weighted by atomic mass is 9.79. The van der Waals surface area contributed by atoms with Gasteiger partial charge in [-0.1, -0.05) is 12.1 Å². The average Bonchev–Trinajstić information content (AvgIpc) is 2.81. The molecule has 1 aromatic carbocycles. The van der Waals surface area contributed by atoms with Gasteiger partial charge in [0.15, 0.2) is 0 Å². The van der Waals surface area contributed by atoms with Crippen molar-refractivity contribution in [2.45, 2.75) is 32.6 Å². The van der Waals surface area contributed by atoms with Gasteiger partial charge in [0.1, 0.15) is 0 Å². The van der Waals surface area contributed by atoms with E-state index in [1.807, 2.05) is 0 Å². The van der Waals surface area contributed by atoms with Crippen molar-refractivity contribution in [1.82, 2.24) is 4.90 Å². The van der Waals surface area contributed by atoms with Crippen LogP contribution in [0, 0.1) is 19.8 Å². The molecule has 1 saturated heterocycles. The zero-order valence-electron chi connectivity index (χ0n) is 11.8. The highest BCUT2D eigenvalue weighted by Crippen LogP contribution is 2.43. The van der Waals surface area contributed by atoms with Gasteiger partial charge in [-0.3, -0.25) is 0 Å². The van der Waals surface area contributed by atoms with Gasteiger partial charge in [-0.25, -0.2) is 0 Å². The molecule has 1 N–H and O–H groups in total. The molecule has 2 nitrogen and oxygen atoms in total. The fourth-order valence-corrected chi connectivity index (χ4v) is 3.69. The van der Waals surface area contributed by atoms with Crippen LogP contribution in [0.2, 0.25) is 0 Å². The summed E-state index contributed by atoms with van der Waals surface area (Å²) in [7, 11) is 2.24. The first-order chi connectivity index (χ1) is 8.66. The smallest absolute Gasteiger partial charge is 0.0408 e. The Hall–Kier alpha value is -1.02. The summed E-state index contributed by atoms with van der Waals surface area (Å²) in [5, 5.41) is 3.65. The van der Waals surface area contributed by atoms with Crippen LogP contribution in [-0.4, -0.2) is 31.6 Å². The Labute approximate surface area is 110 Å². The number of nitrogens with zero attached hydrogens (tertiary/aromatic N) is 1. The topological polar surface area (TPSA) is 15.3 Å². The standard InChI is InChI=1S/C16H24N2/c1-11-4-5-12(2)16-15(11)14(10-17-16)13-6-8-18(3)9-7-13/h4-5,13-14,17H,6-10H2,1-3H3. The van der Waals surface area contributed by atoms with E-state index < -0.39 is 0 Å². The number of anilines is 1. The Morgan fingerprint density at radius 3 is 2.50 bits per heavy atom. The Kier molecular flexibility index (Phi) is 3.06. The van der Waals surface area contributed by atoms with Gasteiger partial charge in [0.25, 0.3) is 0 Å². The molecular weight excluding hydrogens is 220 g/mol. The Morgan fingerprint density at radius 2 is 1.78 bits per heavy atom. The van der Waals surface area contributed by atoms with E-state index >= 15 is 0 Å². The minimum Gasteiger partial charge on any atom is -0.384 e. The van der Waals surface area contributed by atoms with Crippen LogP contribution in [-0.2, 0) is 0 Å². The second-order valence-corrected chi connectivity index (χ2v) is 6.12. The largest absolute Gasteiger partial charge is 0.384 e. The van der Waals surface area contributed by atoms with Gasteiger partial charge in [-0.05, 0) is 69.4 Å². The first-order valence-electron chi connectivity index (χ1n) is 7.19. The predicted molar refractivity (Wildman–Crippen MR) is 77.4 cm³/mol. The summed E-state index contributed by atoms with van der Waals surface area (Å²) in [5.74, 6) is 1.61. The Bertz CT molecular complexity index is 445. The minimum atomic E-state index is 0.744. The molecule has 1 aromatic rings. The van der Waals surface area contributed by atoms with Gasteiger partial charge in [0.2, 0.25) is 0 Å². The van der Waals surface area contributed by atoms with E-state index in [1.54, 1.807) is 5.56 Å². The van der Waals surface area contributed by atoms with Gasteiger partial charge in [-0.2, -0.15) is 0 Å². The molecular formula is C16H24N2. The fourth-order valence-electron chi connectivity index (χ4n) is 3.69. The predicted octanol–water partition coefficient (Wildman–Crippen LogP) is 3.15. The number of nitrogens with one attached hydrogen (secondary N) is 1. The lowest BCUT2D eigenvalue weighted by Crippen LogP contribution is -2.33. The van der Waals surface area contributed by atoms with Crippen LogP contribution < -0.4 is 5.32 Å². The third-order valence-electron chi connectivity index (χ3n) is 4.87. The maximum Gasteiger partial charge on any atom is 0.0408 e. The molecule has 2 heteroatoms. The molecule has 0 saturated carbocycles. The van der Waals surface area contributed by atoms with Crippen LogP contribution in [0.4, 0.5) is 5.69 Å². The number of rotatable bonds is 1. The van der Waals surface area contributed by atoms with Crippen molar-refractivity contribution >= 4 is 5.69 Å². The van der Waals surface area contributed by atoms with E-state index in [4.69, 9.17) is 0 Å². The fraction of sp³-hybridized carbons (Fsp3) is 0.625. The molecule has 0 aliphatic carbocycles. The first-order valence-corrected chi connectivity index (χ1v) is 7.19. The van der Waals surface area contributed by atoms with Gasteiger partial charge in [0, 0.05) is 18.2 Å². The van der Waals surface area contributed by atoms with Gasteiger partial charge >= 0.3 is 0 Å². The molecule has 18 heavy (non-hydrogen) atoms. The molecule has 2 aliphatic rings. The average molecular weight is 244 g/mol. The number of likely N-dealkylation sites (tertiary alicyclic amines) is 1. The van der Waals surface area contributed by atoms with Crippen molar-refractivity contribution in [3.05, 3.63) is 28.8 Å². The third-order valence-corrected chi connectivity index (χ3v) is 4.87. The summed E-state index contributed by atoms with van der Waals surface area (Å²) in [4.78, 5) is 2.46. The Morgan fingerprint density at radius 1 is 1.11 bits per heavy atom. The molecule has 2 heterocycles. The van der Waals surface area contributed by atoms with Crippen LogP contribution in [0.3, 0.4) is 0 Å². The van der Waals surface area contributed by atoms with E-state index in [2.05, 4.69) is 43.2 Å². The molecule has 3 rings (SSSR count). The number of hydrogen-bond donors (Lipinski definition) is 1. The van der Waals surface area contributed by atoms with Gasteiger partial charge in [-0.15, -0.1) is 0 Å². The molecule has 98 valence electrons. The first kappa shape index (κ1) is 12.0. The highest BCUT2D eigenvalue weighted by molar-refractivity contribution is 5.65.